The summed E-state index contributed by atoms with van der Waals surface area (Å²) in [7, 11) is 1.59. The molecule has 0 aliphatic heterocycles. The molecule has 0 aliphatic carbocycles. The van der Waals surface area contributed by atoms with Gasteiger partial charge in [0.2, 0.25) is 0 Å². The minimum atomic E-state index is -0.143. The van der Waals surface area contributed by atoms with Crippen molar-refractivity contribution in [2.45, 2.75) is 26.3 Å². The molecule has 4 nitrogen and oxygen atoms in total. The van der Waals surface area contributed by atoms with Crippen molar-refractivity contribution in [1.29, 1.82) is 0 Å². The Bertz CT molecular complexity index is 640. The lowest BCUT2D eigenvalue weighted by Gasteiger charge is -2.15. The molecule has 0 radical (unpaired) electrons. The second kappa shape index (κ2) is 8.22. The number of carbonyl (C=O) groups excluding carboxylic acids is 1. The molecule has 2 rings (SSSR count). The molecular formula is C19H23NO3. The first-order chi connectivity index (χ1) is 11.1. The van der Waals surface area contributed by atoms with Gasteiger partial charge in [0, 0.05) is 6.04 Å². The summed E-state index contributed by atoms with van der Waals surface area (Å²) < 4.78 is 10.8. The molecule has 122 valence electrons. The number of rotatable bonds is 7. The number of hydrogen-bond acceptors (Lipinski definition) is 3. The molecule has 2 aromatic rings. The summed E-state index contributed by atoms with van der Waals surface area (Å²) in [5, 5.41) is 2.94. The Labute approximate surface area is 137 Å². The lowest BCUT2D eigenvalue weighted by Crippen LogP contribution is -2.37. The van der Waals surface area contributed by atoms with E-state index >= 15 is 0 Å². The fourth-order valence-corrected chi connectivity index (χ4v) is 2.37. The molecule has 0 bridgehead atoms. The lowest BCUT2D eigenvalue weighted by molar-refractivity contribution is -0.123. The van der Waals surface area contributed by atoms with E-state index in [1.807, 2.05) is 50.2 Å². The van der Waals surface area contributed by atoms with Crippen LogP contribution in [0.2, 0.25) is 0 Å². The third-order valence-electron chi connectivity index (χ3n) is 3.47. The topological polar surface area (TPSA) is 47.6 Å². The average Bonchev–Trinajstić information content (AvgIpc) is 2.54. The van der Waals surface area contributed by atoms with E-state index in [2.05, 4.69) is 17.4 Å². The van der Waals surface area contributed by atoms with Crippen molar-refractivity contribution >= 4 is 5.91 Å². The predicted octanol–water partition coefficient (Wildman–Crippen LogP) is 3.13. The summed E-state index contributed by atoms with van der Waals surface area (Å²) in [6.45, 7) is 3.93. The van der Waals surface area contributed by atoms with Gasteiger partial charge in [-0.3, -0.25) is 4.79 Å². The largest absolute Gasteiger partial charge is 0.493 e. The zero-order valence-electron chi connectivity index (χ0n) is 13.8. The van der Waals surface area contributed by atoms with E-state index in [0.717, 1.165) is 12.0 Å². The number of nitrogens with one attached hydrogen (secondary N) is 1. The Morgan fingerprint density at radius 3 is 2.57 bits per heavy atom. The van der Waals surface area contributed by atoms with Crippen molar-refractivity contribution < 1.29 is 14.3 Å². The van der Waals surface area contributed by atoms with Gasteiger partial charge >= 0.3 is 0 Å². The highest BCUT2D eigenvalue weighted by Crippen LogP contribution is 2.27. The lowest BCUT2D eigenvalue weighted by atomic mass is 10.1. The highest BCUT2D eigenvalue weighted by molar-refractivity contribution is 5.77. The van der Waals surface area contributed by atoms with Gasteiger partial charge in [0.25, 0.3) is 5.91 Å². The van der Waals surface area contributed by atoms with E-state index in [9.17, 15) is 4.79 Å². The number of carbonyl (C=O) groups is 1. The van der Waals surface area contributed by atoms with Gasteiger partial charge in [-0.2, -0.15) is 0 Å². The molecule has 0 heterocycles. The molecule has 0 saturated heterocycles. The summed E-state index contributed by atoms with van der Waals surface area (Å²) in [5.41, 5.74) is 2.27. The fraction of sp³-hybridized carbons (Fsp3) is 0.316. The van der Waals surface area contributed by atoms with Crippen LogP contribution in [0.3, 0.4) is 0 Å². The van der Waals surface area contributed by atoms with E-state index in [-0.39, 0.29) is 18.6 Å². The fourth-order valence-electron chi connectivity index (χ4n) is 2.37. The van der Waals surface area contributed by atoms with Gasteiger partial charge in [0.05, 0.1) is 7.11 Å². The molecule has 23 heavy (non-hydrogen) atoms. The third-order valence-corrected chi connectivity index (χ3v) is 3.47. The minimum absolute atomic E-state index is 0.0292. The maximum absolute atomic E-state index is 12.0. The smallest absolute Gasteiger partial charge is 0.258 e. The molecule has 4 heteroatoms. The van der Waals surface area contributed by atoms with E-state index in [1.165, 1.54) is 5.56 Å². The summed E-state index contributed by atoms with van der Waals surface area (Å²) >= 11 is 0. The maximum Gasteiger partial charge on any atom is 0.258 e. The quantitative estimate of drug-likeness (QED) is 0.854. The Balaban J connectivity index is 1.83. The number of hydrogen-bond donors (Lipinski definition) is 1. The highest BCUT2D eigenvalue weighted by atomic mass is 16.5. The van der Waals surface area contributed by atoms with Gasteiger partial charge in [0.15, 0.2) is 18.1 Å². The second-order valence-corrected chi connectivity index (χ2v) is 5.60. The van der Waals surface area contributed by atoms with E-state index in [0.29, 0.717) is 11.5 Å². The number of amides is 1. The molecule has 0 fully saturated rings. The van der Waals surface area contributed by atoms with Crippen LogP contribution < -0.4 is 14.8 Å². The van der Waals surface area contributed by atoms with Gasteiger partial charge in [-0.05, 0) is 43.5 Å². The van der Waals surface area contributed by atoms with E-state index in [4.69, 9.17) is 9.47 Å². The molecule has 0 saturated carbocycles. The number of benzene rings is 2. The molecule has 0 aromatic heterocycles. The Morgan fingerprint density at radius 1 is 1.13 bits per heavy atom. The normalized spacial score (nSPS) is 11.6. The minimum Gasteiger partial charge on any atom is -0.493 e. The van der Waals surface area contributed by atoms with E-state index in [1.54, 1.807) is 7.11 Å². The molecule has 1 amide bonds. The van der Waals surface area contributed by atoms with Crippen LogP contribution >= 0.6 is 0 Å². The van der Waals surface area contributed by atoms with Crippen LogP contribution in [0, 0.1) is 6.92 Å². The Kier molecular flexibility index (Phi) is 6.03. The second-order valence-electron chi connectivity index (χ2n) is 5.60. The molecule has 2 aromatic carbocycles. The molecule has 1 unspecified atom stereocenters. The molecule has 1 N–H and O–H groups in total. The van der Waals surface area contributed by atoms with Gasteiger partial charge < -0.3 is 14.8 Å². The first kappa shape index (κ1) is 16.9. The van der Waals surface area contributed by atoms with Crippen LogP contribution in [0.5, 0.6) is 11.5 Å². The first-order valence-corrected chi connectivity index (χ1v) is 7.69. The zero-order valence-corrected chi connectivity index (χ0v) is 13.8. The summed E-state index contributed by atoms with van der Waals surface area (Å²) in [4.78, 5) is 12.0. The Hall–Kier alpha value is -2.49. The summed E-state index contributed by atoms with van der Waals surface area (Å²) in [6, 6.07) is 15.7. The standard InChI is InChI=1S/C19H23NO3/c1-14-9-10-17(18(11-14)22-3)23-13-19(21)20-15(2)12-16-7-5-4-6-8-16/h4-11,15H,12-13H2,1-3H3,(H,20,21). The Morgan fingerprint density at radius 2 is 1.87 bits per heavy atom. The third kappa shape index (κ3) is 5.33. The van der Waals surface area contributed by atoms with Gasteiger partial charge in [-0.15, -0.1) is 0 Å². The van der Waals surface area contributed by atoms with Crippen molar-refractivity contribution in [3.63, 3.8) is 0 Å². The van der Waals surface area contributed by atoms with Gasteiger partial charge in [-0.1, -0.05) is 36.4 Å². The highest BCUT2D eigenvalue weighted by Gasteiger charge is 2.11. The predicted molar refractivity (Wildman–Crippen MR) is 91.0 cm³/mol. The SMILES string of the molecule is COc1cc(C)ccc1OCC(=O)NC(C)Cc1ccccc1. The van der Waals surface area contributed by atoms with Crippen LogP contribution in [0.15, 0.2) is 48.5 Å². The van der Waals surface area contributed by atoms with Crippen LogP contribution in [0.4, 0.5) is 0 Å². The number of aryl methyl sites for hydroxylation is 1. The van der Waals surface area contributed by atoms with Crippen LogP contribution in [-0.2, 0) is 11.2 Å². The maximum atomic E-state index is 12.0. The van der Waals surface area contributed by atoms with E-state index < -0.39 is 0 Å². The van der Waals surface area contributed by atoms with Gasteiger partial charge in [-0.25, -0.2) is 0 Å². The van der Waals surface area contributed by atoms with Crippen molar-refractivity contribution in [2.24, 2.45) is 0 Å². The van der Waals surface area contributed by atoms with Crippen molar-refractivity contribution in [3.05, 3.63) is 59.7 Å². The molecular weight excluding hydrogens is 290 g/mol. The molecule has 0 aliphatic rings. The van der Waals surface area contributed by atoms with Gasteiger partial charge in [0.1, 0.15) is 0 Å². The molecule has 1 atom stereocenters. The number of methoxy groups -OCH3 is 1. The van der Waals surface area contributed by atoms with Crippen molar-refractivity contribution in [3.8, 4) is 11.5 Å². The van der Waals surface area contributed by atoms with Crippen molar-refractivity contribution in [1.82, 2.24) is 5.32 Å². The van der Waals surface area contributed by atoms with Crippen LogP contribution in [0.1, 0.15) is 18.1 Å². The van der Waals surface area contributed by atoms with Crippen LogP contribution in [0.25, 0.3) is 0 Å². The number of ether oxygens (including phenoxy) is 2. The average molecular weight is 313 g/mol. The summed E-state index contributed by atoms with van der Waals surface area (Å²) in [6.07, 6.45) is 0.792. The first-order valence-electron chi connectivity index (χ1n) is 7.69. The van der Waals surface area contributed by atoms with Crippen molar-refractivity contribution in [2.75, 3.05) is 13.7 Å². The summed E-state index contributed by atoms with van der Waals surface area (Å²) in [5.74, 6) is 1.06. The zero-order chi connectivity index (χ0) is 16.7. The van der Waals surface area contributed by atoms with Crippen LogP contribution in [-0.4, -0.2) is 25.7 Å². The monoisotopic (exact) mass is 313 g/mol. The molecule has 0 spiro atoms.